The molecule has 2 aromatic heterocycles. The Balaban J connectivity index is 1.36. The van der Waals surface area contributed by atoms with Gasteiger partial charge >= 0.3 is 0 Å². The van der Waals surface area contributed by atoms with Crippen LogP contribution >= 0.6 is 0 Å². The van der Waals surface area contributed by atoms with Crippen molar-refractivity contribution < 1.29 is 0 Å². The second-order valence-corrected chi connectivity index (χ2v) is 9.83. The predicted octanol–water partition coefficient (Wildman–Crippen LogP) is 7.12. The first-order valence-corrected chi connectivity index (χ1v) is 13.3. The van der Waals surface area contributed by atoms with Gasteiger partial charge in [-0.3, -0.25) is 0 Å². The summed E-state index contributed by atoms with van der Waals surface area (Å²) in [5.74, 6) is 0. The summed E-state index contributed by atoms with van der Waals surface area (Å²) in [4.78, 5) is 0. The number of benzene rings is 5. The Morgan fingerprint density at radius 2 is 0.925 bits per heavy atom. The zero-order valence-corrected chi connectivity index (χ0v) is 21.8. The number of fused-ring (bicyclic) bond motifs is 1. The quantitative estimate of drug-likeness (QED) is 0.225. The van der Waals surface area contributed by atoms with Gasteiger partial charge in [-0.2, -0.15) is 0 Å². The van der Waals surface area contributed by atoms with Crippen LogP contribution < -0.4 is 0 Å². The normalized spacial score (nSPS) is 11.2. The van der Waals surface area contributed by atoms with Crippen molar-refractivity contribution in [1.29, 1.82) is 0 Å². The summed E-state index contributed by atoms with van der Waals surface area (Å²) in [7, 11) is 0. The highest BCUT2D eigenvalue weighted by Gasteiger charge is 2.20. The summed E-state index contributed by atoms with van der Waals surface area (Å²) in [5, 5.41) is 20.5. The standard InChI is InChI=1S/C34H26N6/c1-3-11-25(12-4-1)21-39-23-32(35-37-39)30-19-10-20-31(33-24-40(38-36-33)22-26-13-5-2-6-14-26)34(30)29-18-9-16-27-15-7-8-17-28(27)29/h1-20,23-24H,21-22H2. The molecule has 0 amide bonds. The summed E-state index contributed by atoms with van der Waals surface area (Å²) < 4.78 is 3.78. The Kier molecular flexibility index (Phi) is 6.18. The first-order chi connectivity index (χ1) is 19.8. The number of rotatable bonds is 7. The molecule has 2 heterocycles. The molecule has 6 heteroatoms. The summed E-state index contributed by atoms with van der Waals surface area (Å²) in [6.45, 7) is 1.32. The second kappa shape index (κ2) is 10.4. The molecule has 0 unspecified atom stereocenters. The maximum atomic E-state index is 4.62. The monoisotopic (exact) mass is 518 g/mol. The zero-order chi connectivity index (χ0) is 26.7. The zero-order valence-electron chi connectivity index (χ0n) is 21.8. The Labute approximate surface area is 232 Å². The molecule has 0 bridgehead atoms. The van der Waals surface area contributed by atoms with Crippen LogP contribution in [0.5, 0.6) is 0 Å². The molecule has 0 fully saturated rings. The molecule has 0 saturated carbocycles. The molecular weight excluding hydrogens is 492 g/mol. The molecule has 6 nitrogen and oxygen atoms in total. The van der Waals surface area contributed by atoms with Crippen molar-refractivity contribution in [3.05, 3.63) is 145 Å². The van der Waals surface area contributed by atoms with Crippen molar-refractivity contribution in [2.24, 2.45) is 0 Å². The van der Waals surface area contributed by atoms with Crippen LogP contribution in [0.3, 0.4) is 0 Å². The molecule has 0 aliphatic carbocycles. The van der Waals surface area contributed by atoms with Crippen LogP contribution in [0.4, 0.5) is 0 Å². The maximum Gasteiger partial charge on any atom is 0.113 e. The number of hydrogen-bond acceptors (Lipinski definition) is 4. The van der Waals surface area contributed by atoms with Gasteiger partial charge in [-0.15, -0.1) is 10.2 Å². The van der Waals surface area contributed by atoms with Gasteiger partial charge in [-0.25, -0.2) is 9.36 Å². The molecule has 7 aromatic rings. The van der Waals surface area contributed by atoms with E-state index in [4.69, 9.17) is 0 Å². The summed E-state index contributed by atoms with van der Waals surface area (Å²) in [5.41, 5.74) is 8.19. The summed E-state index contributed by atoms with van der Waals surface area (Å²) in [6, 6.07) is 41.8. The van der Waals surface area contributed by atoms with Crippen molar-refractivity contribution in [3.63, 3.8) is 0 Å². The fraction of sp³-hybridized carbons (Fsp3) is 0.0588. The second-order valence-electron chi connectivity index (χ2n) is 9.83. The van der Waals surface area contributed by atoms with Gasteiger partial charge in [0.05, 0.1) is 25.5 Å². The van der Waals surface area contributed by atoms with E-state index in [1.54, 1.807) is 0 Å². The van der Waals surface area contributed by atoms with Crippen LogP contribution in [-0.4, -0.2) is 30.0 Å². The van der Waals surface area contributed by atoms with Crippen LogP contribution in [-0.2, 0) is 13.1 Å². The minimum Gasteiger partial charge on any atom is -0.247 e. The van der Waals surface area contributed by atoms with E-state index in [1.165, 1.54) is 21.9 Å². The Morgan fingerprint density at radius 3 is 1.52 bits per heavy atom. The van der Waals surface area contributed by atoms with Crippen LogP contribution in [0.15, 0.2) is 134 Å². The molecule has 7 rings (SSSR count). The minimum atomic E-state index is 0.658. The number of hydrogen-bond donors (Lipinski definition) is 0. The van der Waals surface area contributed by atoms with Gasteiger partial charge < -0.3 is 0 Å². The van der Waals surface area contributed by atoms with Gasteiger partial charge in [0, 0.05) is 16.7 Å². The summed E-state index contributed by atoms with van der Waals surface area (Å²) in [6.07, 6.45) is 4.04. The third-order valence-electron chi connectivity index (χ3n) is 7.13. The van der Waals surface area contributed by atoms with E-state index in [-0.39, 0.29) is 0 Å². The molecule has 0 radical (unpaired) electrons. The van der Waals surface area contributed by atoms with Crippen molar-refractivity contribution in [1.82, 2.24) is 30.0 Å². The Morgan fingerprint density at radius 1 is 0.450 bits per heavy atom. The molecule has 192 valence electrons. The van der Waals surface area contributed by atoms with Crippen LogP contribution in [0, 0.1) is 0 Å². The highest BCUT2D eigenvalue weighted by atomic mass is 15.4. The topological polar surface area (TPSA) is 61.4 Å². The third-order valence-corrected chi connectivity index (χ3v) is 7.13. The number of aromatic nitrogens is 6. The highest BCUT2D eigenvalue weighted by Crippen LogP contribution is 2.41. The van der Waals surface area contributed by atoms with Crippen LogP contribution in [0.1, 0.15) is 11.1 Å². The largest absolute Gasteiger partial charge is 0.247 e. The molecule has 0 N–H and O–H groups in total. The molecule has 0 aliphatic heterocycles. The van der Waals surface area contributed by atoms with Crippen molar-refractivity contribution in [2.75, 3.05) is 0 Å². The molecule has 0 aliphatic rings. The van der Waals surface area contributed by atoms with Gasteiger partial charge in [0.25, 0.3) is 0 Å². The van der Waals surface area contributed by atoms with Gasteiger partial charge in [0.2, 0.25) is 0 Å². The average molecular weight is 519 g/mol. The van der Waals surface area contributed by atoms with Crippen LogP contribution in [0.2, 0.25) is 0 Å². The molecule has 5 aromatic carbocycles. The smallest absolute Gasteiger partial charge is 0.113 e. The highest BCUT2D eigenvalue weighted by molar-refractivity contribution is 6.04. The molecule has 0 spiro atoms. The van der Waals surface area contributed by atoms with E-state index < -0.39 is 0 Å². The lowest BCUT2D eigenvalue weighted by molar-refractivity contribution is 0.650. The molecule has 0 saturated heterocycles. The molecule has 0 atom stereocenters. The number of nitrogens with zero attached hydrogens (tertiary/aromatic N) is 6. The lowest BCUT2D eigenvalue weighted by Gasteiger charge is -2.15. The van der Waals surface area contributed by atoms with E-state index in [2.05, 4.69) is 106 Å². The maximum absolute atomic E-state index is 4.62. The van der Waals surface area contributed by atoms with Crippen LogP contribution in [0.25, 0.3) is 44.4 Å². The molecular formula is C34H26N6. The van der Waals surface area contributed by atoms with E-state index in [9.17, 15) is 0 Å². The van der Waals surface area contributed by atoms with Gasteiger partial charge in [-0.1, -0.05) is 132 Å². The first kappa shape index (κ1) is 23.7. The predicted molar refractivity (Wildman–Crippen MR) is 159 cm³/mol. The van der Waals surface area contributed by atoms with Crippen molar-refractivity contribution >= 4 is 10.8 Å². The van der Waals surface area contributed by atoms with E-state index >= 15 is 0 Å². The SMILES string of the molecule is c1ccc(Cn2cc(-c3cccc(-c4cn(Cc5ccccc5)nn4)c3-c3cccc4ccccc34)nn2)cc1. The fourth-order valence-corrected chi connectivity index (χ4v) is 5.25. The minimum absolute atomic E-state index is 0.658. The average Bonchev–Trinajstić information content (AvgIpc) is 3.67. The summed E-state index contributed by atoms with van der Waals surface area (Å²) >= 11 is 0. The van der Waals surface area contributed by atoms with E-state index in [0.29, 0.717) is 13.1 Å². The third kappa shape index (κ3) is 4.67. The lowest BCUT2D eigenvalue weighted by Crippen LogP contribution is -1.99. The van der Waals surface area contributed by atoms with Crippen molar-refractivity contribution in [2.45, 2.75) is 13.1 Å². The Bertz CT molecular complexity index is 1800. The van der Waals surface area contributed by atoms with Gasteiger partial charge in [0.1, 0.15) is 11.4 Å². The lowest BCUT2D eigenvalue weighted by atomic mass is 9.89. The fourth-order valence-electron chi connectivity index (χ4n) is 5.25. The first-order valence-electron chi connectivity index (χ1n) is 13.3. The van der Waals surface area contributed by atoms with Gasteiger partial charge in [0.15, 0.2) is 0 Å². The Hall–Kier alpha value is -5.36. The van der Waals surface area contributed by atoms with Crippen molar-refractivity contribution in [3.8, 4) is 33.6 Å². The van der Waals surface area contributed by atoms with E-state index in [1.807, 2.05) is 58.2 Å². The molecule has 40 heavy (non-hydrogen) atoms. The van der Waals surface area contributed by atoms with E-state index in [0.717, 1.165) is 33.6 Å². The van der Waals surface area contributed by atoms with Gasteiger partial charge in [-0.05, 0) is 27.5 Å².